The van der Waals surface area contributed by atoms with Crippen LogP contribution in [0, 0.1) is 0 Å². The van der Waals surface area contributed by atoms with Crippen LogP contribution in [0.1, 0.15) is 11.1 Å². The summed E-state index contributed by atoms with van der Waals surface area (Å²) in [6, 6.07) is 9.13. The Morgan fingerprint density at radius 3 is 3.00 bits per heavy atom. The summed E-state index contributed by atoms with van der Waals surface area (Å²) >= 11 is 0. The number of aliphatic imine (C=N–C) groups is 1. The van der Waals surface area contributed by atoms with E-state index in [9.17, 15) is 5.21 Å². The Morgan fingerprint density at radius 1 is 1.30 bits per heavy atom. The SMILES string of the molecule is ONC(=NCc1cccnc1)c1ccc2c(c1)OCO2. The molecule has 0 amide bonds. The summed E-state index contributed by atoms with van der Waals surface area (Å²) in [5.41, 5.74) is 3.80. The average Bonchev–Trinajstić information content (AvgIpc) is 2.96. The lowest BCUT2D eigenvalue weighted by Crippen LogP contribution is -2.20. The molecule has 1 aliphatic rings. The molecule has 0 radical (unpaired) electrons. The zero-order valence-corrected chi connectivity index (χ0v) is 10.6. The molecule has 0 saturated carbocycles. The minimum atomic E-state index is 0.216. The van der Waals surface area contributed by atoms with E-state index < -0.39 is 0 Å². The van der Waals surface area contributed by atoms with Crippen molar-refractivity contribution >= 4 is 5.84 Å². The van der Waals surface area contributed by atoms with Crippen LogP contribution in [-0.2, 0) is 6.54 Å². The molecule has 0 bridgehead atoms. The maximum Gasteiger partial charge on any atom is 0.231 e. The third-order valence-corrected chi connectivity index (χ3v) is 2.89. The molecule has 2 N–H and O–H groups in total. The molecular formula is C14H13N3O3. The topological polar surface area (TPSA) is 76.0 Å². The van der Waals surface area contributed by atoms with Gasteiger partial charge < -0.3 is 9.47 Å². The highest BCUT2D eigenvalue weighted by molar-refractivity contribution is 5.98. The lowest BCUT2D eigenvalue weighted by Gasteiger charge is -2.06. The second kappa shape index (κ2) is 5.58. The number of aromatic nitrogens is 1. The number of pyridine rings is 1. The van der Waals surface area contributed by atoms with E-state index >= 15 is 0 Å². The van der Waals surface area contributed by atoms with Crippen molar-refractivity contribution in [1.29, 1.82) is 0 Å². The highest BCUT2D eigenvalue weighted by Gasteiger charge is 2.15. The predicted octanol–water partition coefficient (Wildman–Crippen LogP) is 1.74. The number of hydroxylamine groups is 1. The van der Waals surface area contributed by atoms with E-state index in [4.69, 9.17) is 9.47 Å². The monoisotopic (exact) mass is 271 g/mol. The van der Waals surface area contributed by atoms with Gasteiger partial charge in [-0.15, -0.1) is 0 Å². The molecule has 0 fully saturated rings. The molecule has 0 atom stereocenters. The third kappa shape index (κ3) is 2.55. The predicted molar refractivity (Wildman–Crippen MR) is 72.0 cm³/mol. The second-order valence-electron chi connectivity index (χ2n) is 4.21. The van der Waals surface area contributed by atoms with Gasteiger partial charge in [0, 0.05) is 18.0 Å². The molecular weight excluding hydrogens is 258 g/mol. The van der Waals surface area contributed by atoms with Gasteiger partial charge >= 0.3 is 0 Å². The summed E-state index contributed by atoms with van der Waals surface area (Å²) in [5.74, 6) is 1.71. The van der Waals surface area contributed by atoms with Gasteiger partial charge in [0.05, 0.1) is 6.54 Å². The van der Waals surface area contributed by atoms with Crippen LogP contribution < -0.4 is 15.0 Å². The lowest BCUT2D eigenvalue weighted by atomic mass is 10.2. The van der Waals surface area contributed by atoms with Gasteiger partial charge in [0.15, 0.2) is 17.3 Å². The Bertz CT molecular complexity index is 629. The number of amidine groups is 1. The first kappa shape index (κ1) is 12.4. The van der Waals surface area contributed by atoms with Crippen LogP contribution in [0.5, 0.6) is 11.5 Å². The lowest BCUT2D eigenvalue weighted by molar-refractivity contribution is 0.174. The summed E-state index contributed by atoms with van der Waals surface area (Å²) in [4.78, 5) is 8.35. The van der Waals surface area contributed by atoms with Crippen molar-refractivity contribution in [3.63, 3.8) is 0 Å². The fraction of sp³-hybridized carbons (Fsp3) is 0.143. The van der Waals surface area contributed by atoms with E-state index in [1.807, 2.05) is 12.1 Å². The van der Waals surface area contributed by atoms with Gasteiger partial charge in [-0.2, -0.15) is 0 Å². The van der Waals surface area contributed by atoms with E-state index in [1.54, 1.807) is 30.6 Å². The summed E-state index contributed by atoms with van der Waals surface area (Å²) < 4.78 is 10.5. The van der Waals surface area contributed by atoms with E-state index in [1.165, 1.54) is 0 Å². The number of ether oxygens (including phenoxy) is 2. The van der Waals surface area contributed by atoms with Crippen molar-refractivity contribution < 1.29 is 14.7 Å². The summed E-state index contributed by atoms with van der Waals surface area (Å²) in [6.07, 6.45) is 3.44. The summed E-state index contributed by atoms with van der Waals surface area (Å²) in [5, 5.41) is 9.24. The third-order valence-electron chi connectivity index (χ3n) is 2.89. The Labute approximate surface area is 115 Å². The quantitative estimate of drug-likeness (QED) is 0.505. The summed E-state index contributed by atoms with van der Waals surface area (Å²) in [7, 11) is 0. The molecule has 102 valence electrons. The van der Waals surface area contributed by atoms with Crippen LogP contribution in [-0.4, -0.2) is 22.8 Å². The number of benzene rings is 1. The van der Waals surface area contributed by atoms with Crippen molar-refractivity contribution in [2.24, 2.45) is 4.99 Å². The van der Waals surface area contributed by atoms with Crippen molar-refractivity contribution in [1.82, 2.24) is 10.5 Å². The molecule has 6 heteroatoms. The fourth-order valence-corrected chi connectivity index (χ4v) is 1.90. The molecule has 0 unspecified atom stereocenters. The number of nitrogens with zero attached hydrogens (tertiary/aromatic N) is 2. The molecule has 20 heavy (non-hydrogen) atoms. The highest BCUT2D eigenvalue weighted by Crippen LogP contribution is 2.32. The largest absolute Gasteiger partial charge is 0.454 e. The zero-order valence-electron chi connectivity index (χ0n) is 10.6. The van der Waals surface area contributed by atoms with Gasteiger partial charge in [0.1, 0.15) is 0 Å². The second-order valence-corrected chi connectivity index (χ2v) is 4.21. The van der Waals surface area contributed by atoms with Crippen molar-refractivity contribution in [3.8, 4) is 11.5 Å². The maximum absolute atomic E-state index is 9.24. The van der Waals surface area contributed by atoms with Crippen LogP contribution in [0.25, 0.3) is 0 Å². The number of hydrogen-bond donors (Lipinski definition) is 2. The average molecular weight is 271 g/mol. The van der Waals surface area contributed by atoms with Crippen molar-refractivity contribution in [2.45, 2.75) is 6.54 Å². The zero-order chi connectivity index (χ0) is 13.8. The molecule has 3 rings (SSSR count). The van der Waals surface area contributed by atoms with E-state index in [2.05, 4.69) is 15.5 Å². The van der Waals surface area contributed by atoms with Crippen LogP contribution in [0.3, 0.4) is 0 Å². The number of rotatable bonds is 3. The molecule has 1 aliphatic heterocycles. The van der Waals surface area contributed by atoms with E-state index in [-0.39, 0.29) is 6.79 Å². The van der Waals surface area contributed by atoms with Gasteiger partial charge in [0.2, 0.25) is 6.79 Å². The molecule has 1 aromatic heterocycles. The first-order chi connectivity index (χ1) is 9.86. The normalized spacial score (nSPS) is 13.3. The van der Waals surface area contributed by atoms with Crippen molar-refractivity contribution in [3.05, 3.63) is 53.9 Å². The number of hydrogen-bond acceptors (Lipinski definition) is 5. The van der Waals surface area contributed by atoms with Gasteiger partial charge in [-0.1, -0.05) is 6.07 Å². The van der Waals surface area contributed by atoms with Crippen LogP contribution in [0.4, 0.5) is 0 Å². The first-order valence-corrected chi connectivity index (χ1v) is 6.10. The molecule has 0 aliphatic carbocycles. The molecule has 0 spiro atoms. The van der Waals surface area contributed by atoms with Gasteiger partial charge in [-0.3, -0.25) is 20.7 Å². The smallest absolute Gasteiger partial charge is 0.231 e. The first-order valence-electron chi connectivity index (χ1n) is 6.10. The molecule has 1 aromatic carbocycles. The number of nitrogens with one attached hydrogen (secondary N) is 1. The van der Waals surface area contributed by atoms with E-state index in [0.717, 1.165) is 11.1 Å². The minimum Gasteiger partial charge on any atom is -0.454 e. The molecule has 0 saturated heterocycles. The maximum atomic E-state index is 9.24. The van der Waals surface area contributed by atoms with Gasteiger partial charge in [-0.25, -0.2) is 0 Å². The molecule has 2 aromatic rings. The van der Waals surface area contributed by atoms with Crippen LogP contribution in [0.15, 0.2) is 47.7 Å². The van der Waals surface area contributed by atoms with Crippen molar-refractivity contribution in [2.75, 3.05) is 6.79 Å². The summed E-state index contributed by atoms with van der Waals surface area (Å²) in [6.45, 7) is 0.638. The standard InChI is InChI=1S/C14H13N3O3/c18-17-14(16-8-10-2-1-5-15-7-10)11-3-4-12-13(6-11)20-9-19-12/h1-7,18H,8-9H2,(H,16,17). The van der Waals surface area contributed by atoms with Gasteiger partial charge in [-0.05, 0) is 29.8 Å². The minimum absolute atomic E-state index is 0.216. The number of fused-ring (bicyclic) bond motifs is 1. The molecule has 6 nitrogen and oxygen atoms in total. The fourth-order valence-electron chi connectivity index (χ4n) is 1.90. The highest BCUT2D eigenvalue weighted by atomic mass is 16.7. The van der Waals surface area contributed by atoms with Crippen LogP contribution in [0.2, 0.25) is 0 Å². The Hall–Kier alpha value is -2.60. The Morgan fingerprint density at radius 2 is 2.20 bits per heavy atom. The Kier molecular flexibility index (Phi) is 3.47. The van der Waals surface area contributed by atoms with Gasteiger partial charge in [0.25, 0.3) is 0 Å². The van der Waals surface area contributed by atoms with E-state index in [0.29, 0.717) is 23.9 Å². The Balaban J connectivity index is 1.82. The van der Waals surface area contributed by atoms with Crippen LogP contribution >= 0.6 is 0 Å². The molecule has 2 heterocycles.